The molecular weight excluding hydrogens is 449 g/mol. The average Bonchev–Trinajstić information content (AvgIpc) is 2.53. The van der Waals surface area contributed by atoms with Crippen LogP contribution in [0.25, 0.3) is 0 Å². The zero-order valence-electron chi connectivity index (χ0n) is 15.6. The molecule has 0 unspecified atom stereocenters. The third kappa shape index (κ3) is 7.13. The van der Waals surface area contributed by atoms with Gasteiger partial charge in [0.2, 0.25) is 0 Å². The second-order valence-electron chi connectivity index (χ2n) is 7.39. The molecule has 1 N–H and O–H groups in total. The SMILES string of the molecule is CN=C(NCC(C)(C)CCS(C)(=O)=O)N1CCc2ccccc2C1.I. The van der Waals surface area contributed by atoms with E-state index in [-0.39, 0.29) is 35.1 Å². The maximum absolute atomic E-state index is 11.4. The number of nitrogens with zero attached hydrogens (tertiary/aromatic N) is 2. The molecule has 1 aromatic carbocycles. The number of hydrogen-bond donors (Lipinski definition) is 1. The third-order valence-electron chi connectivity index (χ3n) is 4.52. The molecule has 0 aliphatic carbocycles. The Hall–Kier alpha value is -0.830. The van der Waals surface area contributed by atoms with Gasteiger partial charge in [-0.25, -0.2) is 8.42 Å². The minimum atomic E-state index is -2.92. The van der Waals surface area contributed by atoms with E-state index in [9.17, 15) is 8.42 Å². The van der Waals surface area contributed by atoms with Crippen molar-refractivity contribution in [3.8, 4) is 0 Å². The molecular formula is C18H30IN3O2S. The summed E-state index contributed by atoms with van der Waals surface area (Å²) in [5.41, 5.74) is 2.66. The first-order valence-corrected chi connectivity index (χ1v) is 10.5. The summed E-state index contributed by atoms with van der Waals surface area (Å²) in [5, 5.41) is 3.43. The van der Waals surface area contributed by atoms with Crippen LogP contribution in [-0.2, 0) is 22.8 Å². The van der Waals surface area contributed by atoms with Crippen LogP contribution in [0.4, 0.5) is 0 Å². The van der Waals surface area contributed by atoms with E-state index in [0.717, 1.165) is 25.5 Å². The van der Waals surface area contributed by atoms with Gasteiger partial charge in [0.15, 0.2) is 5.96 Å². The zero-order chi connectivity index (χ0) is 17.8. The van der Waals surface area contributed by atoms with Gasteiger partial charge < -0.3 is 10.2 Å². The maximum Gasteiger partial charge on any atom is 0.193 e. The highest BCUT2D eigenvalue weighted by atomic mass is 127. The van der Waals surface area contributed by atoms with E-state index in [2.05, 4.69) is 53.3 Å². The molecule has 0 saturated heterocycles. The second-order valence-corrected chi connectivity index (χ2v) is 9.64. The summed E-state index contributed by atoms with van der Waals surface area (Å²) < 4.78 is 22.8. The van der Waals surface area contributed by atoms with Crippen LogP contribution in [0, 0.1) is 5.41 Å². The molecule has 0 saturated carbocycles. The summed E-state index contributed by atoms with van der Waals surface area (Å²) in [5.74, 6) is 1.11. The highest BCUT2D eigenvalue weighted by Crippen LogP contribution is 2.21. The van der Waals surface area contributed by atoms with Crippen molar-refractivity contribution < 1.29 is 8.42 Å². The van der Waals surface area contributed by atoms with Crippen molar-refractivity contribution >= 4 is 39.8 Å². The fourth-order valence-corrected chi connectivity index (χ4v) is 3.80. The van der Waals surface area contributed by atoms with Gasteiger partial charge in [-0.3, -0.25) is 4.99 Å². The Bertz CT molecular complexity index is 702. The molecule has 0 aromatic heterocycles. The van der Waals surface area contributed by atoms with Crippen LogP contribution in [0.15, 0.2) is 29.3 Å². The Labute approximate surface area is 169 Å². The molecule has 0 fully saturated rings. The van der Waals surface area contributed by atoms with Crippen LogP contribution in [0.5, 0.6) is 0 Å². The second kappa shape index (κ2) is 9.21. The summed E-state index contributed by atoms with van der Waals surface area (Å²) in [7, 11) is -1.13. The molecule has 5 nitrogen and oxygen atoms in total. The van der Waals surface area contributed by atoms with E-state index in [4.69, 9.17) is 0 Å². The highest BCUT2D eigenvalue weighted by Gasteiger charge is 2.23. The van der Waals surface area contributed by atoms with Crippen molar-refractivity contribution in [2.75, 3.05) is 32.1 Å². The molecule has 0 bridgehead atoms. The predicted octanol–water partition coefficient (Wildman–Crippen LogP) is 2.70. The molecule has 1 aliphatic rings. The first kappa shape index (κ1) is 22.2. The predicted molar refractivity (Wildman–Crippen MR) is 115 cm³/mol. The Balaban J connectivity index is 0.00000312. The number of hydrogen-bond acceptors (Lipinski definition) is 3. The van der Waals surface area contributed by atoms with Crippen molar-refractivity contribution in [1.29, 1.82) is 0 Å². The molecule has 25 heavy (non-hydrogen) atoms. The van der Waals surface area contributed by atoms with Gasteiger partial charge in [0.25, 0.3) is 0 Å². The van der Waals surface area contributed by atoms with Crippen LogP contribution in [0.2, 0.25) is 0 Å². The third-order valence-corrected chi connectivity index (χ3v) is 5.46. The van der Waals surface area contributed by atoms with Crippen molar-refractivity contribution in [1.82, 2.24) is 10.2 Å². The summed E-state index contributed by atoms with van der Waals surface area (Å²) in [6.07, 6.45) is 2.95. The number of benzene rings is 1. The van der Waals surface area contributed by atoms with E-state index in [1.165, 1.54) is 17.4 Å². The number of halogens is 1. The van der Waals surface area contributed by atoms with E-state index >= 15 is 0 Å². The van der Waals surface area contributed by atoms with E-state index in [0.29, 0.717) is 13.0 Å². The van der Waals surface area contributed by atoms with Gasteiger partial charge in [0.05, 0.1) is 5.75 Å². The number of rotatable bonds is 5. The van der Waals surface area contributed by atoms with E-state index < -0.39 is 9.84 Å². The molecule has 2 rings (SSSR count). The number of sulfone groups is 1. The first-order valence-electron chi connectivity index (χ1n) is 8.40. The highest BCUT2D eigenvalue weighted by molar-refractivity contribution is 14.0. The number of aliphatic imine (C=N–C) groups is 1. The lowest BCUT2D eigenvalue weighted by molar-refractivity contribution is 0.327. The lowest BCUT2D eigenvalue weighted by atomic mass is 9.90. The normalized spacial score (nSPS) is 15.4. The summed E-state index contributed by atoms with van der Waals surface area (Å²) in [4.78, 5) is 6.67. The quantitative estimate of drug-likeness (QED) is 0.401. The van der Waals surface area contributed by atoms with Gasteiger partial charge in [0.1, 0.15) is 9.84 Å². The lowest BCUT2D eigenvalue weighted by Crippen LogP contribution is -2.46. The van der Waals surface area contributed by atoms with E-state index in [1.807, 2.05) is 0 Å². The number of fused-ring (bicyclic) bond motifs is 1. The van der Waals surface area contributed by atoms with Crippen molar-refractivity contribution in [3.63, 3.8) is 0 Å². The molecule has 0 atom stereocenters. The standard InChI is InChI=1S/C18H29N3O2S.HI/c1-18(2,10-12-24(4,22)23)14-20-17(19-3)21-11-9-15-7-5-6-8-16(15)13-21;/h5-8H,9-14H2,1-4H3,(H,19,20);1H. The Morgan fingerprint density at radius 1 is 1.28 bits per heavy atom. The largest absolute Gasteiger partial charge is 0.356 e. The van der Waals surface area contributed by atoms with E-state index in [1.54, 1.807) is 7.05 Å². The van der Waals surface area contributed by atoms with Crippen molar-refractivity contribution in [3.05, 3.63) is 35.4 Å². The van der Waals surface area contributed by atoms with Gasteiger partial charge in [-0.2, -0.15) is 0 Å². The average molecular weight is 479 g/mol. The fourth-order valence-electron chi connectivity index (χ4n) is 2.88. The van der Waals surface area contributed by atoms with Crippen molar-refractivity contribution in [2.24, 2.45) is 10.4 Å². The zero-order valence-corrected chi connectivity index (χ0v) is 18.7. The van der Waals surface area contributed by atoms with Gasteiger partial charge in [-0.15, -0.1) is 24.0 Å². The minimum absolute atomic E-state index is 0. The molecule has 1 aromatic rings. The Morgan fingerprint density at radius 3 is 2.52 bits per heavy atom. The number of guanidine groups is 1. The summed E-state index contributed by atoms with van der Waals surface area (Å²) in [6.45, 7) is 6.68. The Morgan fingerprint density at radius 2 is 1.92 bits per heavy atom. The fraction of sp³-hybridized carbons (Fsp3) is 0.611. The summed E-state index contributed by atoms with van der Waals surface area (Å²) >= 11 is 0. The lowest BCUT2D eigenvalue weighted by Gasteiger charge is -2.33. The van der Waals surface area contributed by atoms with Crippen molar-refractivity contribution in [2.45, 2.75) is 33.2 Å². The first-order chi connectivity index (χ1) is 11.2. The topological polar surface area (TPSA) is 61.8 Å². The van der Waals surface area contributed by atoms with Crippen LogP contribution in [0.1, 0.15) is 31.4 Å². The smallest absolute Gasteiger partial charge is 0.193 e. The molecule has 1 aliphatic heterocycles. The maximum atomic E-state index is 11.4. The molecule has 0 amide bonds. The Kier molecular flexibility index (Phi) is 8.18. The van der Waals surface area contributed by atoms with Gasteiger partial charge in [-0.05, 0) is 29.4 Å². The van der Waals surface area contributed by atoms with Crippen LogP contribution < -0.4 is 5.32 Å². The number of nitrogens with one attached hydrogen (secondary N) is 1. The van der Waals surface area contributed by atoms with Gasteiger partial charge >= 0.3 is 0 Å². The van der Waals surface area contributed by atoms with Crippen LogP contribution in [-0.4, -0.2) is 51.4 Å². The molecule has 0 spiro atoms. The molecule has 1 heterocycles. The minimum Gasteiger partial charge on any atom is -0.356 e. The van der Waals surface area contributed by atoms with Crippen LogP contribution >= 0.6 is 24.0 Å². The van der Waals surface area contributed by atoms with Crippen LogP contribution in [0.3, 0.4) is 0 Å². The van der Waals surface area contributed by atoms with Gasteiger partial charge in [0, 0.05) is 32.9 Å². The molecule has 7 heteroatoms. The summed E-state index contributed by atoms with van der Waals surface area (Å²) in [6, 6.07) is 8.53. The molecule has 0 radical (unpaired) electrons. The molecule has 142 valence electrons. The van der Waals surface area contributed by atoms with Gasteiger partial charge in [-0.1, -0.05) is 38.1 Å². The monoisotopic (exact) mass is 479 g/mol.